The van der Waals surface area contributed by atoms with Gasteiger partial charge in [-0.3, -0.25) is 24.1 Å². The molecule has 12 heteroatoms. The van der Waals surface area contributed by atoms with E-state index in [4.69, 9.17) is 9.72 Å². The summed E-state index contributed by atoms with van der Waals surface area (Å²) in [6.45, 7) is 5.21. The van der Waals surface area contributed by atoms with Crippen molar-refractivity contribution in [3.05, 3.63) is 76.4 Å². The van der Waals surface area contributed by atoms with E-state index in [1.807, 2.05) is 42.2 Å². The van der Waals surface area contributed by atoms with E-state index in [0.717, 1.165) is 59.9 Å². The minimum Gasteiger partial charge on any atom is -0.489 e. The Kier molecular flexibility index (Phi) is 7.99. The van der Waals surface area contributed by atoms with Gasteiger partial charge in [0.25, 0.3) is 5.56 Å². The van der Waals surface area contributed by atoms with Crippen molar-refractivity contribution in [3.8, 4) is 27.4 Å². The molecule has 1 N–H and O–H groups in total. The molecule has 0 saturated carbocycles. The van der Waals surface area contributed by atoms with Crippen molar-refractivity contribution in [1.29, 1.82) is 0 Å². The molecule has 2 saturated heterocycles. The van der Waals surface area contributed by atoms with Crippen molar-refractivity contribution in [2.75, 3.05) is 38.5 Å². The molecular formula is C33H34N8O3S. The number of carbonyl (C=O) groups excluding carboxylic acids is 1. The van der Waals surface area contributed by atoms with Gasteiger partial charge in [-0.15, -0.1) is 11.3 Å². The Hall–Kier alpha value is -4.68. The third-order valence-corrected chi connectivity index (χ3v) is 9.22. The fraction of sp³-hybridized carbons (Fsp3) is 0.333. The standard InChI is InChI=1S/C33H34N8O3S/c1-21-13-28(29-17-34-20-45-29)35-16-27(21)26-14-22-15-36-33(37-23-5-7-24(8-6-23)44-25-9-12-39(2)18-25)38-31(22)41(32(26)43)19-30(42)40-10-3-4-11-40/h5-8,13-17,20,25H,3-4,9-12,18-19H2,1-2H3,(H,36,37,38). The van der Waals surface area contributed by atoms with Crippen LogP contribution in [0.3, 0.4) is 0 Å². The van der Waals surface area contributed by atoms with Crippen LogP contribution in [-0.2, 0) is 11.3 Å². The van der Waals surface area contributed by atoms with Gasteiger partial charge < -0.3 is 19.9 Å². The van der Waals surface area contributed by atoms with Gasteiger partial charge in [0.05, 0.1) is 16.1 Å². The lowest BCUT2D eigenvalue weighted by Crippen LogP contribution is -2.35. The average Bonchev–Trinajstić information content (AvgIpc) is 3.84. The van der Waals surface area contributed by atoms with Crippen LogP contribution < -0.4 is 15.6 Å². The monoisotopic (exact) mass is 622 g/mol. The molecule has 11 nitrogen and oxygen atoms in total. The van der Waals surface area contributed by atoms with E-state index in [1.165, 1.54) is 15.9 Å². The van der Waals surface area contributed by atoms with Crippen LogP contribution in [0.5, 0.6) is 5.75 Å². The highest BCUT2D eigenvalue weighted by molar-refractivity contribution is 7.13. The molecule has 0 radical (unpaired) electrons. The van der Waals surface area contributed by atoms with E-state index >= 15 is 0 Å². The summed E-state index contributed by atoms with van der Waals surface area (Å²) < 4.78 is 7.59. The second-order valence-corrected chi connectivity index (χ2v) is 12.6. The molecule has 0 spiro atoms. The van der Waals surface area contributed by atoms with E-state index < -0.39 is 0 Å². The van der Waals surface area contributed by atoms with Crippen molar-refractivity contribution in [2.24, 2.45) is 0 Å². The molecule has 2 aliphatic heterocycles. The van der Waals surface area contributed by atoms with Crippen LogP contribution in [0.25, 0.3) is 32.7 Å². The van der Waals surface area contributed by atoms with Gasteiger partial charge >= 0.3 is 0 Å². The molecule has 230 valence electrons. The molecule has 2 aliphatic rings. The molecule has 4 aromatic heterocycles. The van der Waals surface area contributed by atoms with Crippen LogP contribution >= 0.6 is 11.3 Å². The maximum atomic E-state index is 14.1. The largest absolute Gasteiger partial charge is 0.489 e. The Balaban J connectivity index is 1.22. The Labute approximate surface area is 264 Å². The SMILES string of the molecule is Cc1cc(-c2cncs2)ncc1-c1cc2cnc(Nc3ccc(OC4CCN(C)C4)cc3)nc2n(CC(=O)N2CCCC2)c1=O. The highest BCUT2D eigenvalue weighted by Gasteiger charge is 2.23. The summed E-state index contributed by atoms with van der Waals surface area (Å²) in [6.07, 6.45) is 8.32. The van der Waals surface area contributed by atoms with E-state index in [1.54, 1.807) is 30.2 Å². The number of likely N-dealkylation sites (tertiary alicyclic amines) is 2. The minimum absolute atomic E-state index is 0.0967. The fourth-order valence-electron chi connectivity index (χ4n) is 6.00. The first-order valence-electron chi connectivity index (χ1n) is 15.2. The van der Waals surface area contributed by atoms with Crippen molar-refractivity contribution < 1.29 is 9.53 Å². The summed E-state index contributed by atoms with van der Waals surface area (Å²) in [5.41, 5.74) is 5.49. The van der Waals surface area contributed by atoms with Crippen LogP contribution in [0, 0.1) is 6.92 Å². The van der Waals surface area contributed by atoms with Crippen molar-refractivity contribution in [3.63, 3.8) is 0 Å². The quantitative estimate of drug-likeness (QED) is 0.262. The molecule has 6 heterocycles. The molecule has 1 unspecified atom stereocenters. The van der Waals surface area contributed by atoms with Crippen LogP contribution in [0.15, 0.2) is 65.3 Å². The average molecular weight is 623 g/mol. The number of aromatic nitrogens is 5. The number of anilines is 2. The summed E-state index contributed by atoms with van der Waals surface area (Å²) in [6, 6.07) is 11.4. The number of thiazole rings is 1. The molecule has 1 amide bonds. The first kappa shape index (κ1) is 29.1. The van der Waals surface area contributed by atoms with Gasteiger partial charge in [-0.1, -0.05) is 0 Å². The van der Waals surface area contributed by atoms with Crippen LogP contribution in [0.2, 0.25) is 0 Å². The third kappa shape index (κ3) is 6.16. The van der Waals surface area contributed by atoms with E-state index in [-0.39, 0.29) is 24.1 Å². The molecule has 0 aliphatic carbocycles. The number of likely N-dealkylation sites (N-methyl/N-ethyl adjacent to an activating group) is 1. The number of rotatable bonds is 8. The van der Waals surface area contributed by atoms with Gasteiger partial charge in [0.2, 0.25) is 11.9 Å². The summed E-state index contributed by atoms with van der Waals surface area (Å²) in [5.74, 6) is 1.04. The second-order valence-electron chi connectivity index (χ2n) is 11.7. The summed E-state index contributed by atoms with van der Waals surface area (Å²) in [4.78, 5) is 50.6. The zero-order valence-corrected chi connectivity index (χ0v) is 26.1. The predicted molar refractivity (Wildman–Crippen MR) is 175 cm³/mol. The zero-order chi connectivity index (χ0) is 30.9. The van der Waals surface area contributed by atoms with Crippen molar-refractivity contribution in [2.45, 2.75) is 38.8 Å². The Morgan fingerprint density at radius 1 is 1.04 bits per heavy atom. The summed E-state index contributed by atoms with van der Waals surface area (Å²) >= 11 is 1.51. The van der Waals surface area contributed by atoms with Crippen molar-refractivity contribution in [1.82, 2.24) is 34.3 Å². The molecule has 1 atom stereocenters. The molecule has 1 aromatic carbocycles. The Morgan fingerprint density at radius 2 is 1.87 bits per heavy atom. The van der Waals surface area contributed by atoms with Gasteiger partial charge in [-0.2, -0.15) is 4.98 Å². The maximum Gasteiger partial charge on any atom is 0.260 e. The lowest BCUT2D eigenvalue weighted by atomic mass is 10.0. The number of pyridine rings is 2. The first-order chi connectivity index (χ1) is 21.9. The number of benzene rings is 1. The number of aryl methyl sites for hydroxylation is 1. The highest BCUT2D eigenvalue weighted by atomic mass is 32.1. The Bertz CT molecular complexity index is 1900. The number of fused-ring (bicyclic) bond motifs is 1. The summed E-state index contributed by atoms with van der Waals surface area (Å²) in [7, 11) is 2.10. The minimum atomic E-state index is -0.297. The number of nitrogens with zero attached hydrogens (tertiary/aromatic N) is 7. The number of amides is 1. The molecule has 2 fully saturated rings. The number of hydrogen-bond donors (Lipinski definition) is 1. The van der Waals surface area contributed by atoms with Gasteiger partial charge in [0.1, 0.15) is 24.0 Å². The van der Waals surface area contributed by atoms with E-state index in [9.17, 15) is 9.59 Å². The molecule has 5 aromatic rings. The van der Waals surface area contributed by atoms with Gasteiger partial charge in [0.15, 0.2) is 0 Å². The van der Waals surface area contributed by atoms with Gasteiger partial charge in [0, 0.05) is 67.0 Å². The highest BCUT2D eigenvalue weighted by Crippen LogP contribution is 2.29. The smallest absolute Gasteiger partial charge is 0.260 e. The third-order valence-electron chi connectivity index (χ3n) is 8.43. The molecule has 0 bridgehead atoms. The maximum absolute atomic E-state index is 14.1. The van der Waals surface area contributed by atoms with E-state index in [2.05, 4.69) is 32.2 Å². The molecular weight excluding hydrogens is 588 g/mol. The topological polar surface area (TPSA) is 118 Å². The fourth-order valence-corrected chi connectivity index (χ4v) is 6.59. The van der Waals surface area contributed by atoms with Crippen LogP contribution in [-0.4, -0.2) is 79.5 Å². The lowest BCUT2D eigenvalue weighted by molar-refractivity contribution is -0.130. The second kappa shape index (κ2) is 12.4. The Morgan fingerprint density at radius 3 is 2.58 bits per heavy atom. The molecule has 7 rings (SSSR count). The summed E-state index contributed by atoms with van der Waals surface area (Å²) in [5, 5.41) is 3.90. The van der Waals surface area contributed by atoms with Crippen LogP contribution in [0.1, 0.15) is 24.8 Å². The number of ether oxygens (including phenoxy) is 1. The van der Waals surface area contributed by atoms with Gasteiger partial charge in [-0.05, 0) is 75.2 Å². The number of hydrogen-bond acceptors (Lipinski definition) is 10. The number of nitrogens with one attached hydrogen (secondary N) is 1. The predicted octanol–water partition coefficient (Wildman–Crippen LogP) is 4.73. The van der Waals surface area contributed by atoms with Gasteiger partial charge in [-0.25, -0.2) is 4.98 Å². The lowest BCUT2D eigenvalue weighted by Gasteiger charge is -2.18. The van der Waals surface area contributed by atoms with Crippen molar-refractivity contribution >= 4 is 39.9 Å². The first-order valence-corrected chi connectivity index (χ1v) is 16.1. The van der Waals surface area contributed by atoms with E-state index in [0.29, 0.717) is 41.2 Å². The zero-order valence-electron chi connectivity index (χ0n) is 25.3. The molecule has 45 heavy (non-hydrogen) atoms. The normalized spacial score (nSPS) is 16.8. The van der Waals surface area contributed by atoms with Crippen LogP contribution in [0.4, 0.5) is 11.6 Å². The number of carbonyl (C=O) groups is 1.